The van der Waals surface area contributed by atoms with Crippen LogP contribution in [-0.4, -0.2) is 49.6 Å². The van der Waals surface area contributed by atoms with Crippen LogP contribution in [0.2, 0.25) is 0 Å². The van der Waals surface area contributed by atoms with E-state index in [2.05, 4.69) is 42.2 Å². The molecule has 0 aromatic carbocycles. The molecule has 1 aliphatic rings. The van der Waals surface area contributed by atoms with Crippen molar-refractivity contribution < 1.29 is 4.42 Å². The average Bonchev–Trinajstić information content (AvgIpc) is 2.86. The van der Waals surface area contributed by atoms with Gasteiger partial charge in [-0.3, -0.25) is 4.90 Å². The molecule has 1 aromatic heterocycles. The van der Waals surface area contributed by atoms with Gasteiger partial charge < -0.3 is 14.6 Å². The minimum absolute atomic E-state index is 0.667. The molecule has 1 unspecified atom stereocenters. The summed E-state index contributed by atoms with van der Waals surface area (Å²) in [7, 11) is 4.46. The minimum atomic E-state index is 0.667. The number of rotatable bonds is 7. The van der Waals surface area contributed by atoms with Gasteiger partial charge in [-0.1, -0.05) is 6.92 Å². The van der Waals surface area contributed by atoms with Crippen LogP contribution in [0.5, 0.6) is 0 Å². The Morgan fingerprint density at radius 3 is 3.10 bits per heavy atom. The number of likely N-dealkylation sites (tertiary alicyclic amines) is 1. The van der Waals surface area contributed by atoms with Gasteiger partial charge in [0.15, 0.2) is 0 Å². The van der Waals surface area contributed by atoms with Crippen LogP contribution < -0.4 is 5.32 Å². The van der Waals surface area contributed by atoms with Gasteiger partial charge in [-0.15, -0.1) is 0 Å². The summed E-state index contributed by atoms with van der Waals surface area (Å²) in [6.07, 6.45) is 5.59. The monoisotopic (exact) mass is 279 g/mol. The van der Waals surface area contributed by atoms with Crippen molar-refractivity contribution in [2.75, 3.05) is 33.7 Å². The molecule has 4 heteroatoms. The Morgan fingerprint density at radius 2 is 2.35 bits per heavy atom. The van der Waals surface area contributed by atoms with Crippen LogP contribution in [0.25, 0.3) is 0 Å². The molecule has 0 spiro atoms. The molecule has 2 rings (SSSR count). The maximum atomic E-state index is 5.62. The zero-order chi connectivity index (χ0) is 14.4. The first-order valence-electron chi connectivity index (χ1n) is 7.85. The van der Waals surface area contributed by atoms with E-state index >= 15 is 0 Å². The summed E-state index contributed by atoms with van der Waals surface area (Å²) in [6.45, 7) is 7.47. The molecule has 0 aliphatic carbocycles. The fraction of sp³-hybridized carbons (Fsp3) is 0.750. The van der Waals surface area contributed by atoms with Crippen LogP contribution >= 0.6 is 0 Å². The van der Waals surface area contributed by atoms with Crippen molar-refractivity contribution >= 4 is 0 Å². The minimum Gasteiger partial charge on any atom is -0.468 e. The van der Waals surface area contributed by atoms with E-state index in [4.69, 9.17) is 4.42 Å². The molecule has 1 aliphatic heterocycles. The number of nitrogens with one attached hydrogen (secondary N) is 1. The lowest BCUT2D eigenvalue weighted by Gasteiger charge is -2.35. The predicted octanol–water partition coefficient (Wildman–Crippen LogP) is 2.31. The summed E-state index contributed by atoms with van der Waals surface area (Å²) in [5.74, 6) is 1.09. The first-order valence-corrected chi connectivity index (χ1v) is 7.85. The Labute approximate surface area is 123 Å². The van der Waals surface area contributed by atoms with Gasteiger partial charge in [0.1, 0.15) is 5.76 Å². The van der Waals surface area contributed by atoms with Crippen molar-refractivity contribution in [2.24, 2.45) is 0 Å². The lowest BCUT2D eigenvalue weighted by Crippen LogP contribution is -2.44. The van der Waals surface area contributed by atoms with E-state index in [0.717, 1.165) is 31.8 Å². The van der Waals surface area contributed by atoms with E-state index in [0.29, 0.717) is 6.04 Å². The van der Waals surface area contributed by atoms with Crippen LogP contribution in [-0.2, 0) is 13.1 Å². The molecule has 1 N–H and O–H groups in total. The highest BCUT2D eigenvalue weighted by Gasteiger charge is 2.22. The van der Waals surface area contributed by atoms with Gasteiger partial charge in [0.25, 0.3) is 0 Å². The summed E-state index contributed by atoms with van der Waals surface area (Å²) in [4.78, 5) is 4.91. The number of nitrogens with zero attached hydrogens (tertiary/aromatic N) is 2. The zero-order valence-electron chi connectivity index (χ0n) is 13.2. The second-order valence-corrected chi connectivity index (χ2v) is 6.02. The quantitative estimate of drug-likeness (QED) is 0.776. The van der Waals surface area contributed by atoms with Crippen molar-refractivity contribution in [3.05, 3.63) is 23.7 Å². The van der Waals surface area contributed by atoms with Crippen molar-refractivity contribution in [1.29, 1.82) is 0 Å². The Bertz CT molecular complexity index is 391. The zero-order valence-corrected chi connectivity index (χ0v) is 13.2. The molecule has 114 valence electrons. The van der Waals surface area contributed by atoms with Gasteiger partial charge in [0.2, 0.25) is 0 Å². The number of hydrogen-bond donors (Lipinski definition) is 1. The van der Waals surface area contributed by atoms with Gasteiger partial charge in [0, 0.05) is 24.7 Å². The third kappa shape index (κ3) is 4.33. The Kier molecular flexibility index (Phi) is 6.07. The Balaban J connectivity index is 1.87. The topological polar surface area (TPSA) is 31.7 Å². The van der Waals surface area contributed by atoms with Crippen molar-refractivity contribution in [2.45, 2.75) is 45.3 Å². The van der Waals surface area contributed by atoms with Gasteiger partial charge >= 0.3 is 0 Å². The first-order chi connectivity index (χ1) is 9.70. The van der Waals surface area contributed by atoms with Crippen LogP contribution in [0.15, 0.2) is 16.7 Å². The molecule has 0 radical (unpaired) electrons. The van der Waals surface area contributed by atoms with Crippen molar-refractivity contribution in [3.63, 3.8) is 0 Å². The molecule has 2 heterocycles. The van der Waals surface area contributed by atoms with E-state index in [-0.39, 0.29) is 0 Å². The molecule has 1 fully saturated rings. The standard InChI is InChI=1S/C16H29N3O/c1-4-8-17-11-16-14(7-10-20-16)12-19(3)15-6-5-9-18(2)13-15/h7,10,15,17H,4-6,8-9,11-13H2,1-3H3. The van der Waals surface area contributed by atoms with Crippen molar-refractivity contribution in [1.82, 2.24) is 15.1 Å². The Hall–Kier alpha value is -0.840. The molecule has 0 amide bonds. The lowest BCUT2D eigenvalue weighted by atomic mass is 10.0. The molecule has 4 nitrogen and oxygen atoms in total. The van der Waals surface area contributed by atoms with Crippen LogP contribution in [0.3, 0.4) is 0 Å². The summed E-state index contributed by atoms with van der Waals surface area (Å²) >= 11 is 0. The normalized spacial score (nSPS) is 20.7. The van der Waals surface area contributed by atoms with E-state index < -0.39 is 0 Å². The summed E-state index contributed by atoms with van der Waals surface area (Å²) in [6, 6.07) is 2.78. The number of likely N-dealkylation sites (N-methyl/N-ethyl adjacent to an activating group) is 2. The maximum absolute atomic E-state index is 5.62. The van der Waals surface area contributed by atoms with Gasteiger partial charge in [-0.25, -0.2) is 0 Å². The molecule has 1 aromatic rings. The second-order valence-electron chi connectivity index (χ2n) is 6.02. The highest BCUT2D eigenvalue weighted by Crippen LogP contribution is 2.18. The molecular weight excluding hydrogens is 250 g/mol. The molecule has 0 saturated carbocycles. The molecule has 1 saturated heterocycles. The highest BCUT2D eigenvalue weighted by molar-refractivity contribution is 5.17. The average molecular weight is 279 g/mol. The molecule has 20 heavy (non-hydrogen) atoms. The van der Waals surface area contributed by atoms with Crippen LogP contribution in [0.1, 0.15) is 37.5 Å². The van der Waals surface area contributed by atoms with Gasteiger partial charge in [-0.2, -0.15) is 0 Å². The summed E-state index contributed by atoms with van der Waals surface area (Å²) in [5.41, 5.74) is 1.32. The van der Waals surface area contributed by atoms with Gasteiger partial charge in [-0.05, 0) is 52.5 Å². The maximum Gasteiger partial charge on any atom is 0.122 e. The van der Waals surface area contributed by atoms with E-state index in [1.807, 2.05) is 6.26 Å². The van der Waals surface area contributed by atoms with E-state index in [1.54, 1.807) is 0 Å². The lowest BCUT2D eigenvalue weighted by molar-refractivity contribution is 0.129. The Morgan fingerprint density at radius 1 is 1.50 bits per heavy atom. The van der Waals surface area contributed by atoms with E-state index in [1.165, 1.54) is 31.5 Å². The largest absolute Gasteiger partial charge is 0.468 e. The number of furan rings is 1. The summed E-state index contributed by atoms with van der Waals surface area (Å²) < 4.78 is 5.62. The summed E-state index contributed by atoms with van der Waals surface area (Å²) in [5, 5.41) is 3.42. The van der Waals surface area contributed by atoms with Gasteiger partial charge in [0.05, 0.1) is 12.8 Å². The molecular formula is C16H29N3O. The van der Waals surface area contributed by atoms with Crippen LogP contribution in [0, 0.1) is 0 Å². The van der Waals surface area contributed by atoms with Crippen LogP contribution in [0.4, 0.5) is 0 Å². The molecule has 0 bridgehead atoms. The second kappa shape index (κ2) is 7.81. The highest BCUT2D eigenvalue weighted by atomic mass is 16.3. The SMILES string of the molecule is CCCNCc1occc1CN(C)C1CCCN(C)C1. The fourth-order valence-corrected chi connectivity index (χ4v) is 2.94. The number of hydrogen-bond acceptors (Lipinski definition) is 4. The third-order valence-corrected chi connectivity index (χ3v) is 4.19. The van der Waals surface area contributed by atoms with E-state index in [9.17, 15) is 0 Å². The first kappa shape index (κ1) is 15.5. The number of piperidine rings is 1. The fourth-order valence-electron chi connectivity index (χ4n) is 2.94. The van der Waals surface area contributed by atoms with Crippen molar-refractivity contribution in [3.8, 4) is 0 Å². The molecule has 1 atom stereocenters. The smallest absolute Gasteiger partial charge is 0.122 e. The third-order valence-electron chi connectivity index (χ3n) is 4.19. The predicted molar refractivity (Wildman–Crippen MR) is 82.7 cm³/mol.